The molecule has 112 valence electrons. The fraction of sp³-hybridized carbons (Fsp3) is 0.375. The molecule has 21 heavy (non-hydrogen) atoms. The van der Waals surface area contributed by atoms with Crippen LogP contribution in [-0.2, 0) is 6.42 Å². The maximum Gasteiger partial charge on any atom is 0.238 e. The van der Waals surface area contributed by atoms with Crippen LogP contribution in [0.5, 0.6) is 11.6 Å². The molecule has 2 aromatic rings. The average molecular weight is 350 g/mol. The van der Waals surface area contributed by atoms with Gasteiger partial charge in [-0.1, -0.05) is 32.4 Å². The van der Waals surface area contributed by atoms with Crippen molar-refractivity contribution >= 4 is 21.7 Å². The van der Waals surface area contributed by atoms with Gasteiger partial charge in [0.1, 0.15) is 22.4 Å². The van der Waals surface area contributed by atoms with Gasteiger partial charge in [0.05, 0.1) is 0 Å². The van der Waals surface area contributed by atoms with Gasteiger partial charge in [0.2, 0.25) is 5.88 Å². The fourth-order valence-corrected chi connectivity index (χ4v) is 2.34. The Kier molecular flexibility index (Phi) is 5.99. The van der Waals surface area contributed by atoms with E-state index in [0.29, 0.717) is 5.88 Å². The number of ether oxygens (including phenoxy) is 1. The first-order chi connectivity index (χ1) is 10.2. The number of nitrogens with zero attached hydrogens (tertiary/aromatic N) is 2. The zero-order valence-corrected chi connectivity index (χ0v) is 14.0. The fourth-order valence-electron chi connectivity index (χ4n) is 1.92. The van der Waals surface area contributed by atoms with Gasteiger partial charge in [-0.2, -0.15) is 0 Å². The van der Waals surface area contributed by atoms with Crippen molar-refractivity contribution in [1.29, 1.82) is 0 Å². The molecular weight excluding hydrogens is 330 g/mol. The largest absolute Gasteiger partial charge is 0.438 e. The molecule has 2 rings (SSSR count). The first kappa shape index (κ1) is 15.8. The van der Waals surface area contributed by atoms with E-state index in [0.717, 1.165) is 41.8 Å². The molecule has 0 saturated heterocycles. The number of hydrogen-bond acceptors (Lipinski definition) is 4. The maximum atomic E-state index is 5.82. The van der Waals surface area contributed by atoms with E-state index in [1.807, 2.05) is 12.1 Å². The molecule has 0 saturated carbocycles. The van der Waals surface area contributed by atoms with Crippen LogP contribution in [0, 0.1) is 0 Å². The van der Waals surface area contributed by atoms with Gasteiger partial charge in [0.25, 0.3) is 0 Å². The van der Waals surface area contributed by atoms with Crippen molar-refractivity contribution in [2.75, 3.05) is 11.9 Å². The highest BCUT2D eigenvalue weighted by Crippen LogP contribution is 2.31. The monoisotopic (exact) mass is 349 g/mol. The maximum absolute atomic E-state index is 5.82. The van der Waals surface area contributed by atoms with Crippen LogP contribution in [0.2, 0.25) is 0 Å². The number of anilines is 1. The normalized spacial score (nSPS) is 10.4. The van der Waals surface area contributed by atoms with Gasteiger partial charge in [-0.15, -0.1) is 0 Å². The second-order valence-corrected chi connectivity index (χ2v) is 5.56. The van der Waals surface area contributed by atoms with Crippen molar-refractivity contribution in [3.63, 3.8) is 0 Å². The lowest BCUT2D eigenvalue weighted by Crippen LogP contribution is -2.04. The third-order valence-electron chi connectivity index (χ3n) is 2.98. The summed E-state index contributed by atoms with van der Waals surface area (Å²) < 4.78 is 6.57. The molecule has 0 fully saturated rings. The van der Waals surface area contributed by atoms with Gasteiger partial charge >= 0.3 is 0 Å². The summed E-state index contributed by atoms with van der Waals surface area (Å²) >= 11 is 3.50. The molecule has 0 amide bonds. The Morgan fingerprint density at radius 3 is 2.52 bits per heavy atom. The second kappa shape index (κ2) is 7.98. The van der Waals surface area contributed by atoms with Crippen molar-refractivity contribution in [2.45, 2.75) is 33.1 Å². The summed E-state index contributed by atoms with van der Waals surface area (Å²) in [5, 5.41) is 3.24. The minimum Gasteiger partial charge on any atom is -0.438 e. The summed E-state index contributed by atoms with van der Waals surface area (Å²) in [6.07, 6.45) is 4.77. The number of hydrogen-bond donors (Lipinski definition) is 1. The highest BCUT2D eigenvalue weighted by atomic mass is 79.9. The van der Waals surface area contributed by atoms with Gasteiger partial charge in [-0.05, 0) is 46.5 Å². The topological polar surface area (TPSA) is 47.0 Å². The van der Waals surface area contributed by atoms with E-state index in [4.69, 9.17) is 4.74 Å². The molecule has 1 N–H and O–H groups in total. The van der Waals surface area contributed by atoms with Crippen LogP contribution >= 0.6 is 15.9 Å². The number of benzene rings is 1. The lowest BCUT2D eigenvalue weighted by molar-refractivity contribution is 0.458. The Morgan fingerprint density at radius 2 is 1.86 bits per heavy atom. The van der Waals surface area contributed by atoms with Gasteiger partial charge in [-0.3, -0.25) is 0 Å². The zero-order chi connectivity index (χ0) is 15.1. The van der Waals surface area contributed by atoms with Crippen LogP contribution in [0.4, 0.5) is 5.82 Å². The minimum atomic E-state index is 0.520. The van der Waals surface area contributed by atoms with Gasteiger partial charge in [0, 0.05) is 6.54 Å². The van der Waals surface area contributed by atoms with E-state index in [1.165, 1.54) is 11.9 Å². The van der Waals surface area contributed by atoms with E-state index in [9.17, 15) is 0 Å². The summed E-state index contributed by atoms with van der Waals surface area (Å²) in [6, 6.07) is 8.12. The quantitative estimate of drug-likeness (QED) is 0.779. The molecule has 0 aliphatic carbocycles. The Hall–Kier alpha value is -1.62. The Bertz CT molecular complexity index is 572. The predicted molar refractivity (Wildman–Crippen MR) is 89.0 cm³/mol. The number of aryl methyl sites for hydroxylation is 1. The van der Waals surface area contributed by atoms with Crippen LogP contribution in [-0.4, -0.2) is 16.5 Å². The van der Waals surface area contributed by atoms with Gasteiger partial charge in [-0.25, -0.2) is 9.97 Å². The lowest BCUT2D eigenvalue weighted by atomic mass is 10.1. The Labute approximate surface area is 134 Å². The summed E-state index contributed by atoms with van der Waals surface area (Å²) in [5.74, 6) is 2.05. The van der Waals surface area contributed by atoms with Crippen molar-refractivity contribution in [1.82, 2.24) is 9.97 Å². The average Bonchev–Trinajstić information content (AvgIpc) is 2.50. The van der Waals surface area contributed by atoms with Crippen LogP contribution in [0.1, 0.15) is 32.3 Å². The summed E-state index contributed by atoms with van der Waals surface area (Å²) in [7, 11) is 0. The van der Waals surface area contributed by atoms with Crippen LogP contribution < -0.4 is 10.1 Å². The first-order valence-electron chi connectivity index (χ1n) is 7.25. The lowest BCUT2D eigenvalue weighted by Gasteiger charge is -2.10. The van der Waals surface area contributed by atoms with E-state index >= 15 is 0 Å². The SMILES string of the molecule is CCCNc1ncnc(Oc2ccc(CCC)cc2)c1Br. The Balaban J connectivity index is 2.11. The van der Waals surface area contributed by atoms with E-state index < -0.39 is 0 Å². The molecule has 0 spiro atoms. The smallest absolute Gasteiger partial charge is 0.238 e. The molecule has 1 heterocycles. The third-order valence-corrected chi connectivity index (χ3v) is 3.69. The van der Waals surface area contributed by atoms with Crippen molar-refractivity contribution in [3.8, 4) is 11.6 Å². The van der Waals surface area contributed by atoms with Crippen molar-refractivity contribution in [3.05, 3.63) is 40.6 Å². The van der Waals surface area contributed by atoms with Crippen molar-refractivity contribution < 1.29 is 4.74 Å². The molecule has 0 bridgehead atoms. The van der Waals surface area contributed by atoms with Crippen LogP contribution in [0.3, 0.4) is 0 Å². The van der Waals surface area contributed by atoms with E-state index in [2.05, 4.69) is 57.2 Å². The Morgan fingerprint density at radius 1 is 1.10 bits per heavy atom. The number of nitrogens with one attached hydrogen (secondary N) is 1. The molecule has 0 atom stereocenters. The van der Waals surface area contributed by atoms with Crippen LogP contribution in [0.25, 0.3) is 0 Å². The molecule has 4 nitrogen and oxygen atoms in total. The molecule has 1 aromatic carbocycles. The van der Waals surface area contributed by atoms with E-state index in [1.54, 1.807) is 0 Å². The summed E-state index contributed by atoms with van der Waals surface area (Å²) in [4.78, 5) is 8.39. The molecule has 5 heteroatoms. The summed E-state index contributed by atoms with van der Waals surface area (Å²) in [5.41, 5.74) is 1.32. The van der Waals surface area contributed by atoms with Crippen molar-refractivity contribution in [2.24, 2.45) is 0 Å². The molecule has 0 radical (unpaired) electrons. The minimum absolute atomic E-state index is 0.520. The highest BCUT2D eigenvalue weighted by Gasteiger charge is 2.10. The van der Waals surface area contributed by atoms with Gasteiger partial charge < -0.3 is 10.1 Å². The van der Waals surface area contributed by atoms with Gasteiger partial charge in [0.15, 0.2) is 0 Å². The number of aromatic nitrogens is 2. The van der Waals surface area contributed by atoms with Crippen LogP contribution in [0.15, 0.2) is 35.1 Å². The van der Waals surface area contributed by atoms with E-state index in [-0.39, 0.29) is 0 Å². The molecule has 1 aromatic heterocycles. The summed E-state index contributed by atoms with van der Waals surface area (Å²) in [6.45, 7) is 5.14. The predicted octanol–water partition coefficient (Wildman–Crippen LogP) is 4.81. The zero-order valence-electron chi connectivity index (χ0n) is 12.4. The third kappa shape index (κ3) is 4.43. The molecule has 0 aliphatic rings. The highest BCUT2D eigenvalue weighted by molar-refractivity contribution is 9.10. The molecular formula is C16H20BrN3O. The molecule has 0 aliphatic heterocycles. The second-order valence-electron chi connectivity index (χ2n) is 4.76. The first-order valence-corrected chi connectivity index (χ1v) is 8.05. The number of halogens is 1. The standard InChI is InChI=1S/C16H20BrN3O/c1-3-5-12-6-8-13(9-7-12)21-16-14(17)15(18-10-4-2)19-11-20-16/h6-9,11H,3-5,10H2,1-2H3,(H,18,19,20). The number of rotatable bonds is 7. The molecule has 0 unspecified atom stereocenters.